The molecule has 2 aromatic carbocycles. The quantitative estimate of drug-likeness (QED) is 0.437. The third kappa shape index (κ3) is 3.06. The highest BCUT2D eigenvalue weighted by Crippen LogP contribution is 2.66. The molecule has 1 saturated carbocycles. The van der Waals surface area contributed by atoms with Gasteiger partial charge in [0.25, 0.3) is 0 Å². The standard InChI is InChI=1S/C29H23BrN2O4/c1-36-16-32-27-21(8-5-15-31-27)29(28(32)35)24(17-9-11-19(30)12-10-17)23-20(13-14-22(23)33)25(29)26(34)18-6-3-2-4-7-18/h2-15,20,23-25H,16H2,1H3/t20-,23-,24-,25-,29+/m1/s1. The van der Waals surface area contributed by atoms with E-state index in [1.165, 1.54) is 12.0 Å². The van der Waals surface area contributed by atoms with E-state index in [0.29, 0.717) is 16.9 Å². The summed E-state index contributed by atoms with van der Waals surface area (Å²) in [5.74, 6) is -2.26. The lowest BCUT2D eigenvalue weighted by Crippen LogP contribution is -2.50. The van der Waals surface area contributed by atoms with E-state index in [1.54, 1.807) is 30.5 Å². The number of anilines is 1. The Morgan fingerprint density at radius 2 is 1.81 bits per heavy atom. The molecule has 2 aliphatic carbocycles. The van der Waals surface area contributed by atoms with Crippen LogP contribution in [-0.4, -0.2) is 36.3 Å². The van der Waals surface area contributed by atoms with Gasteiger partial charge in [0.2, 0.25) is 5.91 Å². The zero-order valence-corrected chi connectivity index (χ0v) is 21.1. The zero-order valence-electron chi connectivity index (χ0n) is 19.5. The number of methoxy groups -OCH3 is 1. The summed E-state index contributed by atoms with van der Waals surface area (Å²) in [6.07, 6.45) is 5.05. The topological polar surface area (TPSA) is 76.6 Å². The molecule has 5 atom stereocenters. The monoisotopic (exact) mass is 542 g/mol. The smallest absolute Gasteiger partial charge is 0.242 e. The number of rotatable bonds is 5. The highest BCUT2D eigenvalue weighted by Gasteiger charge is 2.72. The zero-order chi connectivity index (χ0) is 25.0. The molecule has 180 valence electrons. The van der Waals surface area contributed by atoms with Crippen LogP contribution in [0, 0.1) is 17.8 Å². The van der Waals surface area contributed by atoms with E-state index >= 15 is 0 Å². The van der Waals surface area contributed by atoms with Crippen LogP contribution in [0.1, 0.15) is 27.4 Å². The fraction of sp³-hybridized carbons (Fsp3) is 0.241. The number of aromatic nitrogens is 1. The number of pyridine rings is 1. The summed E-state index contributed by atoms with van der Waals surface area (Å²) in [4.78, 5) is 48.4. The minimum absolute atomic E-state index is 0.00300. The van der Waals surface area contributed by atoms with Crippen molar-refractivity contribution in [2.75, 3.05) is 18.7 Å². The van der Waals surface area contributed by atoms with Crippen molar-refractivity contribution >= 4 is 39.2 Å². The number of carbonyl (C=O) groups is 3. The Morgan fingerprint density at radius 3 is 2.53 bits per heavy atom. The van der Waals surface area contributed by atoms with E-state index in [1.807, 2.05) is 54.6 Å². The van der Waals surface area contributed by atoms with Gasteiger partial charge in [-0.25, -0.2) is 4.98 Å². The molecule has 3 aromatic rings. The molecule has 1 aromatic heterocycles. The molecule has 1 amide bonds. The largest absolute Gasteiger partial charge is 0.364 e. The maximum atomic E-state index is 14.6. The molecular weight excluding hydrogens is 520 g/mol. The first kappa shape index (κ1) is 23.0. The Bertz CT molecular complexity index is 1400. The van der Waals surface area contributed by atoms with Crippen LogP contribution in [0.2, 0.25) is 0 Å². The molecule has 0 N–H and O–H groups in total. The molecule has 0 saturated heterocycles. The summed E-state index contributed by atoms with van der Waals surface area (Å²) < 4.78 is 6.29. The molecule has 0 bridgehead atoms. The number of halogens is 1. The van der Waals surface area contributed by atoms with Gasteiger partial charge in [-0.3, -0.25) is 19.3 Å². The predicted octanol–water partition coefficient (Wildman–Crippen LogP) is 4.70. The maximum absolute atomic E-state index is 14.6. The molecule has 3 aliphatic rings. The van der Waals surface area contributed by atoms with Gasteiger partial charge >= 0.3 is 0 Å². The number of amides is 1. The molecule has 0 unspecified atom stereocenters. The van der Waals surface area contributed by atoms with E-state index < -0.39 is 29.1 Å². The third-order valence-electron chi connectivity index (χ3n) is 7.87. The van der Waals surface area contributed by atoms with E-state index in [-0.39, 0.29) is 24.2 Å². The molecule has 1 aliphatic heterocycles. The first-order valence-corrected chi connectivity index (χ1v) is 12.6. The van der Waals surface area contributed by atoms with Crippen LogP contribution >= 0.6 is 15.9 Å². The predicted molar refractivity (Wildman–Crippen MR) is 138 cm³/mol. The fourth-order valence-electron chi connectivity index (χ4n) is 6.64. The Kier molecular flexibility index (Phi) is 5.50. The van der Waals surface area contributed by atoms with Crippen molar-refractivity contribution in [2.45, 2.75) is 11.3 Å². The van der Waals surface area contributed by atoms with Crippen LogP contribution in [0.4, 0.5) is 5.82 Å². The molecule has 1 fully saturated rings. The second kappa shape index (κ2) is 8.61. The van der Waals surface area contributed by atoms with Gasteiger partial charge < -0.3 is 4.74 Å². The lowest BCUT2D eigenvalue weighted by atomic mass is 9.62. The van der Waals surface area contributed by atoms with Crippen molar-refractivity contribution in [1.29, 1.82) is 0 Å². The lowest BCUT2D eigenvalue weighted by Gasteiger charge is -2.37. The molecule has 7 heteroatoms. The second-order valence-corrected chi connectivity index (χ2v) is 10.4. The number of hydrogen-bond acceptors (Lipinski definition) is 5. The number of allylic oxidation sites excluding steroid dienone is 2. The summed E-state index contributed by atoms with van der Waals surface area (Å²) >= 11 is 3.50. The minimum atomic E-state index is -1.31. The summed E-state index contributed by atoms with van der Waals surface area (Å²) in [5, 5.41) is 0. The highest BCUT2D eigenvalue weighted by molar-refractivity contribution is 9.10. The van der Waals surface area contributed by atoms with E-state index in [9.17, 15) is 14.4 Å². The van der Waals surface area contributed by atoms with Crippen molar-refractivity contribution in [3.8, 4) is 0 Å². The number of Topliss-reactive ketones (excluding diaryl/α,β-unsaturated/α-hetero) is 1. The first-order valence-electron chi connectivity index (χ1n) is 11.8. The Hall–Kier alpha value is -3.42. The SMILES string of the molecule is COCN1C(=O)[C@@]2(c3cccnc31)[C@H](c1ccc(Br)cc1)[C@H]1C(=O)C=C[C@H]1[C@@H]2C(=O)c1ccccc1. The fourth-order valence-corrected chi connectivity index (χ4v) is 6.90. The average Bonchev–Trinajstić information content (AvgIpc) is 3.50. The van der Waals surface area contributed by atoms with Gasteiger partial charge in [-0.15, -0.1) is 0 Å². The van der Waals surface area contributed by atoms with Crippen LogP contribution in [0.3, 0.4) is 0 Å². The highest BCUT2D eigenvalue weighted by atomic mass is 79.9. The van der Waals surface area contributed by atoms with Crippen molar-refractivity contribution in [2.24, 2.45) is 17.8 Å². The van der Waals surface area contributed by atoms with E-state index in [4.69, 9.17) is 4.74 Å². The number of hydrogen-bond donors (Lipinski definition) is 0. The van der Waals surface area contributed by atoms with Gasteiger partial charge in [-0.2, -0.15) is 0 Å². The van der Waals surface area contributed by atoms with Crippen molar-refractivity contribution in [1.82, 2.24) is 4.98 Å². The number of carbonyl (C=O) groups excluding carboxylic acids is 3. The van der Waals surface area contributed by atoms with Gasteiger partial charge in [-0.1, -0.05) is 70.5 Å². The summed E-state index contributed by atoms with van der Waals surface area (Å²) in [7, 11) is 1.52. The third-order valence-corrected chi connectivity index (χ3v) is 8.39. The number of fused-ring (bicyclic) bond motifs is 3. The van der Waals surface area contributed by atoms with Crippen LogP contribution in [-0.2, 0) is 19.7 Å². The van der Waals surface area contributed by atoms with Gasteiger partial charge in [0.05, 0.1) is 5.41 Å². The second-order valence-electron chi connectivity index (χ2n) is 9.50. The van der Waals surface area contributed by atoms with Gasteiger partial charge in [-0.05, 0) is 35.8 Å². The van der Waals surface area contributed by atoms with E-state index in [2.05, 4.69) is 20.9 Å². The minimum Gasteiger partial charge on any atom is -0.364 e. The summed E-state index contributed by atoms with van der Waals surface area (Å²) in [6.45, 7) is 0.00300. The van der Waals surface area contributed by atoms with E-state index in [0.717, 1.165) is 10.0 Å². The van der Waals surface area contributed by atoms with Crippen LogP contribution in [0.5, 0.6) is 0 Å². The molecule has 6 rings (SSSR count). The molecule has 36 heavy (non-hydrogen) atoms. The Morgan fingerprint density at radius 1 is 1.06 bits per heavy atom. The molecule has 2 heterocycles. The lowest BCUT2D eigenvalue weighted by molar-refractivity contribution is -0.126. The first-order chi connectivity index (χ1) is 17.5. The molecule has 0 radical (unpaired) electrons. The number of ether oxygens (including phenoxy) is 1. The number of ketones is 2. The molecule has 1 spiro atoms. The number of benzene rings is 2. The average molecular weight is 543 g/mol. The molecule has 6 nitrogen and oxygen atoms in total. The van der Waals surface area contributed by atoms with Crippen molar-refractivity contribution < 1.29 is 19.1 Å². The summed E-state index contributed by atoms with van der Waals surface area (Å²) in [6, 6.07) is 20.4. The molecular formula is C29H23BrN2O4. The van der Waals surface area contributed by atoms with Gasteiger partial charge in [0.1, 0.15) is 12.5 Å². The van der Waals surface area contributed by atoms with Crippen molar-refractivity contribution in [3.05, 3.63) is 106 Å². The Labute approximate surface area is 217 Å². The maximum Gasteiger partial charge on any atom is 0.242 e. The van der Waals surface area contributed by atoms with Crippen LogP contribution in [0.15, 0.2) is 89.6 Å². The van der Waals surface area contributed by atoms with Gasteiger partial charge in [0.15, 0.2) is 11.6 Å². The van der Waals surface area contributed by atoms with Gasteiger partial charge in [0, 0.05) is 46.7 Å². The van der Waals surface area contributed by atoms with Crippen LogP contribution in [0.25, 0.3) is 0 Å². The normalized spacial score (nSPS) is 28.1. The van der Waals surface area contributed by atoms with Crippen LogP contribution < -0.4 is 4.90 Å². The Balaban J connectivity index is 1.67. The number of nitrogens with zero attached hydrogens (tertiary/aromatic N) is 2. The van der Waals surface area contributed by atoms with Crippen molar-refractivity contribution in [3.63, 3.8) is 0 Å². The summed E-state index contributed by atoms with van der Waals surface area (Å²) in [5.41, 5.74) is 0.729.